The highest BCUT2D eigenvalue weighted by molar-refractivity contribution is 5.38. The zero-order valence-corrected chi connectivity index (χ0v) is 41.2. The van der Waals surface area contributed by atoms with Gasteiger partial charge in [-0.2, -0.15) is 0 Å². The summed E-state index contributed by atoms with van der Waals surface area (Å²) >= 11 is 0. The summed E-state index contributed by atoms with van der Waals surface area (Å²) in [7, 11) is 10.7. The summed E-state index contributed by atoms with van der Waals surface area (Å²) in [4.78, 5) is 80.7. The van der Waals surface area contributed by atoms with Gasteiger partial charge in [0.2, 0.25) is 38.0 Å². The van der Waals surface area contributed by atoms with Gasteiger partial charge in [0, 0.05) is 153 Å². The quantitative estimate of drug-likeness (QED) is 0.0970. The van der Waals surface area contributed by atoms with E-state index in [1.54, 1.807) is 28.2 Å². The van der Waals surface area contributed by atoms with E-state index in [1.165, 1.54) is 85.3 Å². The third-order valence-corrected chi connectivity index (χ3v) is 11.8. The Morgan fingerprint density at radius 1 is 0.360 bits per heavy atom. The Bertz CT molecular complexity index is 3710. The van der Waals surface area contributed by atoms with Gasteiger partial charge < -0.3 is 67.7 Å². The van der Waals surface area contributed by atoms with E-state index < -0.39 is 105 Å². The van der Waals surface area contributed by atoms with Crippen LogP contribution in [0.25, 0.3) is 0 Å². The van der Waals surface area contributed by atoms with Crippen molar-refractivity contribution < 1.29 is 57.7 Å². The normalized spacial score (nSPS) is 10.8. The minimum atomic E-state index is -2.71. The van der Waals surface area contributed by atoms with Crippen LogP contribution in [0.5, 0.6) is 40.2 Å². The summed E-state index contributed by atoms with van der Waals surface area (Å²) in [6.07, 6.45) is 1.88. The predicted molar refractivity (Wildman–Crippen MR) is 261 cm³/mol. The van der Waals surface area contributed by atoms with Gasteiger partial charge in [-0.25, -0.2) is 22.0 Å². The SMILES string of the molecule is Cn1cc(O)c(=O)cc1C(F)F.Cn1cc(O)c(=O)cc1CF.Cn1cc(O)c(=O)cc1Cc1c(O)c(=O)cc(CF)n1C.Cn1cc(O)c(=O)cc1Cc1c(O)c(=O)cc(Cc2c(O)c(=O)cc(CF)n2C)n1C. The van der Waals surface area contributed by atoms with E-state index >= 15 is 0 Å². The van der Waals surface area contributed by atoms with Crippen LogP contribution in [0.1, 0.15) is 63.4 Å². The molecule has 0 aromatic carbocycles. The molecule has 0 aliphatic heterocycles. The molecule has 0 atom stereocenters. The number of hydrogen-bond acceptors (Lipinski definition) is 14. The van der Waals surface area contributed by atoms with Crippen LogP contribution in [-0.2, 0) is 88.6 Å². The third kappa shape index (κ3) is 13.7. The van der Waals surface area contributed by atoms with Gasteiger partial charge >= 0.3 is 0 Å². The summed E-state index contributed by atoms with van der Waals surface area (Å²) in [5.41, 5.74) is -2.76. The van der Waals surface area contributed by atoms with Crippen LogP contribution < -0.4 is 38.0 Å². The van der Waals surface area contributed by atoms with Crippen molar-refractivity contribution in [3.63, 3.8) is 0 Å². The number of halogens is 5. The van der Waals surface area contributed by atoms with E-state index in [0.29, 0.717) is 17.1 Å². The minimum Gasteiger partial charge on any atom is -0.503 e. The molecule has 0 aliphatic rings. The lowest BCUT2D eigenvalue weighted by Gasteiger charge is -2.19. The molecule has 0 fully saturated rings. The van der Waals surface area contributed by atoms with Gasteiger partial charge in [0.05, 0.1) is 39.9 Å². The Morgan fingerprint density at radius 2 is 0.613 bits per heavy atom. The molecule has 75 heavy (non-hydrogen) atoms. The zero-order chi connectivity index (χ0) is 56.5. The van der Waals surface area contributed by atoms with Gasteiger partial charge in [-0.15, -0.1) is 0 Å². The predicted octanol–water partition coefficient (Wildman–Crippen LogP) is 2.70. The molecule has 7 aromatic heterocycles. The Labute approximate surface area is 419 Å². The standard InChI is InChI=1S/C21H22FN3O6.C14H15FN2O4.C7H7F2NO2.C7H8FNO2/c1-23-10-19(29)16(26)6-11(23)4-14-20(30)17(27)7-12(24(14)2)5-15-21(31)18(28)8-13(9-22)25(15)3;1-16-7-13(20)11(18)4-8(16)3-10-14(21)12(19)5-9(6-15)17(10)2;1-10-3-6(12)5(11)2-4(10)7(8)9;1-9-4-7(11)6(10)2-5(9)3-8/h6-8,10,29-31H,4-5,9H2,1-3H3;4-5,7,20-21H,3,6H2,1-2H3;2-3,7,12H,1H3;2,4,11H,3H2,1H3. The second kappa shape index (κ2) is 24.5. The Hall–Kier alpha value is -9.10. The molecule has 0 bridgehead atoms. The van der Waals surface area contributed by atoms with Gasteiger partial charge in [-0.05, 0) is 0 Å². The molecule has 0 unspecified atom stereocenters. The lowest BCUT2D eigenvalue weighted by atomic mass is 10.1. The Balaban J connectivity index is 0.000000237. The monoisotopic (exact) mass is 1060 g/mol. The molecule has 26 heteroatoms. The second-order valence-corrected chi connectivity index (χ2v) is 16.7. The summed E-state index contributed by atoms with van der Waals surface area (Å²) in [5, 5.41) is 67.0. The van der Waals surface area contributed by atoms with Crippen LogP contribution in [0, 0.1) is 0 Å². The van der Waals surface area contributed by atoms with Gasteiger partial charge in [-0.1, -0.05) is 0 Å². The first-order valence-corrected chi connectivity index (χ1v) is 21.8. The summed E-state index contributed by atoms with van der Waals surface area (Å²) in [6.45, 7) is -2.45. The summed E-state index contributed by atoms with van der Waals surface area (Å²) in [5.74, 6) is -3.24. The average molecular weight is 1060 g/mol. The first-order chi connectivity index (χ1) is 35.1. The molecule has 7 rings (SSSR count). The van der Waals surface area contributed by atoms with Crippen molar-refractivity contribution in [1.29, 1.82) is 0 Å². The van der Waals surface area contributed by atoms with Crippen molar-refractivity contribution in [2.75, 3.05) is 0 Å². The minimum absolute atomic E-state index is 0.00708. The molecular formula is C49H52F5N7O14. The molecule has 0 spiro atoms. The number of alkyl halides is 5. The number of aromatic nitrogens is 7. The zero-order valence-electron chi connectivity index (χ0n) is 41.2. The van der Waals surface area contributed by atoms with E-state index in [9.17, 15) is 81.0 Å². The molecule has 0 saturated carbocycles. The summed E-state index contributed by atoms with van der Waals surface area (Å²) < 4.78 is 72.0. The molecule has 402 valence electrons. The molecule has 7 heterocycles. The van der Waals surface area contributed by atoms with Crippen LogP contribution in [0.2, 0.25) is 0 Å². The largest absolute Gasteiger partial charge is 0.503 e. The molecule has 21 nitrogen and oxygen atoms in total. The fourth-order valence-electron chi connectivity index (χ4n) is 7.22. The van der Waals surface area contributed by atoms with Crippen molar-refractivity contribution in [3.05, 3.63) is 196 Å². The molecule has 7 N–H and O–H groups in total. The average Bonchev–Trinajstić information content (AvgIpc) is 3.35. The van der Waals surface area contributed by atoms with Crippen LogP contribution in [-0.4, -0.2) is 67.7 Å². The maximum absolute atomic E-state index is 13.2. The third-order valence-electron chi connectivity index (χ3n) is 11.8. The smallest absolute Gasteiger partial charge is 0.278 e. The number of hydrogen-bond donors (Lipinski definition) is 7. The van der Waals surface area contributed by atoms with E-state index in [1.807, 2.05) is 0 Å². The van der Waals surface area contributed by atoms with Crippen molar-refractivity contribution >= 4 is 0 Å². The first kappa shape index (κ1) is 58.5. The van der Waals surface area contributed by atoms with E-state index in [0.717, 1.165) is 35.0 Å². The van der Waals surface area contributed by atoms with Crippen molar-refractivity contribution in [3.8, 4) is 40.2 Å². The topological polar surface area (TPSA) is 296 Å². The number of aromatic hydroxyl groups is 7. The van der Waals surface area contributed by atoms with Gasteiger partial charge in [0.15, 0.2) is 40.2 Å². The van der Waals surface area contributed by atoms with E-state index in [-0.39, 0.29) is 59.2 Å². The fraction of sp³-hybridized carbons (Fsp3) is 0.286. The highest BCUT2D eigenvalue weighted by atomic mass is 19.3. The number of nitrogens with zero attached hydrogens (tertiary/aromatic N) is 7. The molecular weight excluding hydrogens is 1010 g/mol. The van der Waals surface area contributed by atoms with E-state index in [2.05, 4.69) is 0 Å². The lowest BCUT2D eigenvalue weighted by Crippen LogP contribution is -2.21. The molecule has 0 amide bonds. The highest BCUT2D eigenvalue weighted by Crippen LogP contribution is 2.24. The van der Waals surface area contributed by atoms with Crippen molar-refractivity contribution in [2.24, 2.45) is 49.3 Å². The first-order valence-electron chi connectivity index (χ1n) is 21.8. The van der Waals surface area contributed by atoms with Gasteiger partial charge in [0.25, 0.3) is 6.43 Å². The number of rotatable bonds is 10. The van der Waals surface area contributed by atoms with Gasteiger partial charge in [-0.3, -0.25) is 33.6 Å². The van der Waals surface area contributed by atoms with Crippen molar-refractivity contribution in [2.45, 2.75) is 45.7 Å². The second-order valence-electron chi connectivity index (χ2n) is 16.7. The van der Waals surface area contributed by atoms with Crippen LogP contribution in [0.4, 0.5) is 22.0 Å². The Kier molecular flexibility index (Phi) is 19.1. The van der Waals surface area contributed by atoms with Gasteiger partial charge in [0.1, 0.15) is 20.0 Å². The van der Waals surface area contributed by atoms with Crippen LogP contribution in [0.3, 0.4) is 0 Å². The Morgan fingerprint density at radius 3 is 0.947 bits per heavy atom. The number of aryl methyl sites for hydroxylation is 4. The highest BCUT2D eigenvalue weighted by Gasteiger charge is 2.20. The van der Waals surface area contributed by atoms with Crippen LogP contribution >= 0.6 is 0 Å². The van der Waals surface area contributed by atoms with Crippen LogP contribution in [0.15, 0.2) is 101 Å². The van der Waals surface area contributed by atoms with E-state index in [4.69, 9.17) is 10.2 Å². The number of pyridine rings is 7. The lowest BCUT2D eigenvalue weighted by molar-refractivity contribution is 0.141. The summed E-state index contributed by atoms with van der Waals surface area (Å²) in [6, 6.07) is 7.42. The molecule has 7 aromatic rings. The van der Waals surface area contributed by atoms with Crippen molar-refractivity contribution in [1.82, 2.24) is 32.0 Å². The molecule has 0 saturated heterocycles. The molecule has 0 aliphatic carbocycles. The fourth-order valence-corrected chi connectivity index (χ4v) is 7.22. The molecule has 0 radical (unpaired) electrons. The maximum atomic E-state index is 13.2. The maximum Gasteiger partial charge on any atom is 0.278 e.